The number of halogens is 2. The van der Waals surface area contributed by atoms with Crippen molar-refractivity contribution in [3.8, 4) is 5.69 Å². The molecular formula is C17H14ClFN4O. The Labute approximate surface area is 143 Å². The smallest absolute Gasteiger partial charge is 0.256 e. The van der Waals surface area contributed by atoms with Gasteiger partial charge in [-0.3, -0.25) is 9.78 Å². The average molecular weight is 345 g/mol. The van der Waals surface area contributed by atoms with Crippen LogP contribution in [0.15, 0.2) is 48.7 Å². The Morgan fingerprint density at radius 2 is 2.00 bits per heavy atom. The van der Waals surface area contributed by atoms with Gasteiger partial charge in [0.25, 0.3) is 5.91 Å². The number of benzene rings is 1. The van der Waals surface area contributed by atoms with Crippen molar-refractivity contribution in [2.75, 3.05) is 0 Å². The first kappa shape index (κ1) is 16.1. The number of hydrogen-bond donors (Lipinski definition) is 1. The zero-order chi connectivity index (χ0) is 17.1. The maximum atomic E-state index is 13.0. The Bertz CT molecular complexity index is 862. The molecule has 1 aromatic carbocycles. The van der Waals surface area contributed by atoms with E-state index in [1.807, 2.05) is 12.1 Å². The largest absolute Gasteiger partial charge is 0.346 e. The molecule has 122 valence electrons. The number of aromatic nitrogens is 3. The molecule has 1 N–H and O–H groups in total. The molecule has 0 radical (unpaired) electrons. The third-order valence-electron chi connectivity index (χ3n) is 3.46. The molecule has 24 heavy (non-hydrogen) atoms. The van der Waals surface area contributed by atoms with Crippen LogP contribution in [0.1, 0.15) is 21.7 Å². The minimum absolute atomic E-state index is 0.178. The molecule has 1 amide bonds. The minimum atomic E-state index is -0.355. The van der Waals surface area contributed by atoms with Gasteiger partial charge in [-0.15, -0.1) is 0 Å². The van der Waals surface area contributed by atoms with Gasteiger partial charge >= 0.3 is 0 Å². The van der Waals surface area contributed by atoms with Crippen molar-refractivity contribution in [2.24, 2.45) is 0 Å². The third-order valence-corrected chi connectivity index (χ3v) is 3.81. The lowest BCUT2D eigenvalue weighted by molar-refractivity contribution is 0.0950. The van der Waals surface area contributed by atoms with E-state index < -0.39 is 0 Å². The molecule has 0 atom stereocenters. The first-order valence-electron chi connectivity index (χ1n) is 7.25. The predicted octanol–water partition coefficient (Wildman–Crippen LogP) is 3.30. The molecule has 0 fully saturated rings. The molecule has 0 unspecified atom stereocenters. The Kier molecular flexibility index (Phi) is 4.57. The van der Waals surface area contributed by atoms with Crippen LogP contribution in [0, 0.1) is 12.7 Å². The number of aryl methyl sites for hydroxylation is 1. The molecule has 3 rings (SSSR count). The van der Waals surface area contributed by atoms with Crippen LogP contribution in [0.4, 0.5) is 4.39 Å². The average Bonchev–Trinajstić information content (AvgIpc) is 2.89. The van der Waals surface area contributed by atoms with Gasteiger partial charge in [0, 0.05) is 6.20 Å². The van der Waals surface area contributed by atoms with E-state index in [1.165, 1.54) is 16.8 Å². The van der Waals surface area contributed by atoms with Crippen molar-refractivity contribution in [2.45, 2.75) is 13.5 Å². The normalized spacial score (nSPS) is 10.6. The van der Waals surface area contributed by atoms with Gasteiger partial charge in [-0.05, 0) is 43.3 Å². The van der Waals surface area contributed by atoms with Crippen molar-refractivity contribution in [1.82, 2.24) is 20.1 Å². The van der Waals surface area contributed by atoms with E-state index in [0.717, 1.165) is 5.69 Å². The van der Waals surface area contributed by atoms with Gasteiger partial charge < -0.3 is 5.32 Å². The minimum Gasteiger partial charge on any atom is -0.346 e. The highest BCUT2D eigenvalue weighted by Crippen LogP contribution is 2.23. The fraction of sp³-hybridized carbons (Fsp3) is 0.118. The SMILES string of the molecule is Cc1nn(-c2ccc(F)cc2)c(Cl)c1C(=O)NCc1ccccn1. The predicted molar refractivity (Wildman–Crippen MR) is 88.7 cm³/mol. The summed E-state index contributed by atoms with van der Waals surface area (Å²) in [5.74, 6) is -0.691. The van der Waals surface area contributed by atoms with Gasteiger partial charge in [0.05, 0.1) is 29.2 Å². The molecule has 0 aliphatic rings. The highest BCUT2D eigenvalue weighted by Gasteiger charge is 2.21. The number of rotatable bonds is 4. The highest BCUT2D eigenvalue weighted by molar-refractivity contribution is 6.33. The van der Waals surface area contributed by atoms with Gasteiger partial charge in [-0.25, -0.2) is 9.07 Å². The number of hydrogen-bond acceptors (Lipinski definition) is 3. The zero-order valence-electron chi connectivity index (χ0n) is 12.8. The van der Waals surface area contributed by atoms with E-state index in [2.05, 4.69) is 15.4 Å². The van der Waals surface area contributed by atoms with Crippen molar-refractivity contribution < 1.29 is 9.18 Å². The van der Waals surface area contributed by atoms with Gasteiger partial charge in [0.1, 0.15) is 11.0 Å². The second-order valence-electron chi connectivity index (χ2n) is 5.14. The van der Waals surface area contributed by atoms with Gasteiger partial charge in [0.2, 0.25) is 0 Å². The van der Waals surface area contributed by atoms with Crippen molar-refractivity contribution in [3.63, 3.8) is 0 Å². The van der Waals surface area contributed by atoms with Crippen LogP contribution in [-0.2, 0) is 6.54 Å². The van der Waals surface area contributed by atoms with Crippen LogP contribution < -0.4 is 5.32 Å². The van der Waals surface area contributed by atoms with E-state index >= 15 is 0 Å². The summed E-state index contributed by atoms with van der Waals surface area (Å²) in [4.78, 5) is 16.6. The van der Waals surface area contributed by atoms with Crippen LogP contribution in [0.2, 0.25) is 5.15 Å². The van der Waals surface area contributed by atoms with Crippen molar-refractivity contribution in [1.29, 1.82) is 0 Å². The van der Waals surface area contributed by atoms with E-state index in [9.17, 15) is 9.18 Å². The molecule has 0 saturated carbocycles. The quantitative estimate of drug-likeness (QED) is 0.790. The number of amides is 1. The number of nitrogens with zero attached hydrogens (tertiary/aromatic N) is 3. The summed E-state index contributed by atoms with van der Waals surface area (Å²) in [5, 5.41) is 7.22. The monoisotopic (exact) mass is 344 g/mol. The fourth-order valence-electron chi connectivity index (χ4n) is 2.27. The summed E-state index contributed by atoms with van der Waals surface area (Å²) < 4.78 is 14.5. The molecule has 3 aromatic rings. The standard InChI is InChI=1S/C17H14ClFN4O/c1-11-15(17(24)21-10-13-4-2-3-9-20-13)16(18)23(22-11)14-7-5-12(19)6-8-14/h2-9H,10H2,1H3,(H,21,24). The first-order valence-corrected chi connectivity index (χ1v) is 7.63. The van der Waals surface area contributed by atoms with Crippen molar-refractivity contribution >= 4 is 17.5 Å². The summed E-state index contributed by atoms with van der Waals surface area (Å²) >= 11 is 6.31. The molecule has 2 heterocycles. The molecule has 0 aliphatic carbocycles. The molecule has 2 aromatic heterocycles. The van der Waals surface area contributed by atoms with E-state index in [1.54, 1.807) is 31.3 Å². The zero-order valence-corrected chi connectivity index (χ0v) is 13.6. The summed E-state index contributed by atoms with van der Waals surface area (Å²) in [6.45, 7) is 1.98. The molecule has 7 heteroatoms. The van der Waals surface area contributed by atoms with Crippen LogP contribution in [0.5, 0.6) is 0 Å². The molecule has 0 saturated heterocycles. The topological polar surface area (TPSA) is 59.8 Å². The molecule has 0 bridgehead atoms. The Balaban J connectivity index is 1.83. The maximum absolute atomic E-state index is 13.0. The summed E-state index contributed by atoms with van der Waals surface area (Å²) in [5.41, 5.74) is 2.10. The molecule has 5 nitrogen and oxygen atoms in total. The fourth-order valence-corrected chi connectivity index (χ4v) is 2.63. The van der Waals surface area contributed by atoms with E-state index in [-0.39, 0.29) is 29.0 Å². The van der Waals surface area contributed by atoms with Crippen LogP contribution in [0.25, 0.3) is 5.69 Å². The first-order chi connectivity index (χ1) is 11.6. The second-order valence-corrected chi connectivity index (χ2v) is 5.50. The van der Waals surface area contributed by atoms with Crippen LogP contribution in [0.3, 0.4) is 0 Å². The van der Waals surface area contributed by atoms with Gasteiger partial charge in [-0.1, -0.05) is 17.7 Å². The summed E-state index contributed by atoms with van der Waals surface area (Å²) in [6, 6.07) is 11.2. The lowest BCUT2D eigenvalue weighted by Gasteiger charge is -2.05. The Hall–Kier alpha value is -2.73. The van der Waals surface area contributed by atoms with Crippen LogP contribution >= 0.6 is 11.6 Å². The summed E-state index contributed by atoms with van der Waals surface area (Å²) in [7, 11) is 0. The Morgan fingerprint density at radius 1 is 1.25 bits per heavy atom. The van der Waals surface area contributed by atoms with Gasteiger partial charge in [0.15, 0.2) is 0 Å². The molecular weight excluding hydrogens is 331 g/mol. The number of carbonyl (C=O) groups is 1. The van der Waals surface area contributed by atoms with E-state index in [0.29, 0.717) is 11.4 Å². The van der Waals surface area contributed by atoms with E-state index in [4.69, 9.17) is 11.6 Å². The second kappa shape index (κ2) is 6.80. The van der Waals surface area contributed by atoms with Crippen LogP contribution in [-0.4, -0.2) is 20.7 Å². The van der Waals surface area contributed by atoms with Gasteiger partial charge in [-0.2, -0.15) is 5.10 Å². The highest BCUT2D eigenvalue weighted by atomic mass is 35.5. The maximum Gasteiger partial charge on any atom is 0.256 e. The Morgan fingerprint density at radius 3 is 2.67 bits per heavy atom. The lowest BCUT2D eigenvalue weighted by Crippen LogP contribution is -2.24. The number of nitrogens with one attached hydrogen (secondary N) is 1. The lowest BCUT2D eigenvalue weighted by atomic mass is 10.2. The third kappa shape index (κ3) is 3.28. The summed E-state index contributed by atoms with van der Waals surface area (Å²) in [6.07, 6.45) is 1.66. The number of pyridine rings is 1. The molecule has 0 spiro atoms. The van der Waals surface area contributed by atoms with Crippen molar-refractivity contribution in [3.05, 3.63) is 76.6 Å². The molecule has 0 aliphatic heterocycles. The number of carbonyl (C=O) groups excluding carboxylic acids is 1.